The first-order chi connectivity index (χ1) is 12.4. The first kappa shape index (κ1) is 24.1. The zero-order valence-corrected chi connectivity index (χ0v) is 19.3. The van der Waals surface area contributed by atoms with Gasteiger partial charge in [0.1, 0.15) is 5.82 Å². The van der Waals surface area contributed by atoms with Gasteiger partial charge in [-0.3, -0.25) is 9.89 Å². The minimum atomic E-state index is -0.199. The highest BCUT2D eigenvalue weighted by Gasteiger charge is 2.21. The van der Waals surface area contributed by atoms with Crippen LogP contribution in [0.4, 0.5) is 4.39 Å². The van der Waals surface area contributed by atoms with Crippen LogP contribution in [-0.2, 0) is 10.2 Å². The molecule has 2 N–H and O–H groups in total. The van der Waals surface area contributed by atoms with E-state index in [1.165, 1.54) is 6.07 Å². The van der Waals surface area contributed by atoms with Crippen molar-refractivity contribution in [3.05, 3.63) is 35.6 Å². The van der Waals surface area contributed by atoms with Gasteiger partial charge in [0.05, 0.1) is 13.2 Å². The molecule has 0 radical (unpaired) electrons. The molecule has 27 heavy (non-hydrogen) atoms. The number of rotatable bonds is 7. The standard InChI is InChI=1S/C20H33FN4O.HI/c1-16(14-25-8-10-26-11-9-25)13-23-19(22-4)24-15-20(2,3)17-6-5-7-18(21)12-17;/h5-7,12,16H,8-11,13-15H2,1-4H3,(H2,22,23,24);1H. The number of hydrogen-bond acceptors (Lipinski definition) is 3. The van der Waals surface area contributed by atoms with E-state index in [4.69, 9.17) is 4.74 Å². The van der Waals surface area contributed by atoms with E-state index in [0.29, 0.717) is 12.5 Å². The summed E-state index contributed by atoms with van der Waals surface area (Å²) in [7, 11) is 1.77. The lowest BCUT2D eigenvalue weighted by molar-refractivity contribution is 0.0320. The highest BCUT2D eigenvalue weighted by atomic mass is 127. The van der Waals surface area contributed by atoms with Crippen LogP contribution in [0.2, 0.25) is 0 Å². The number of aliphatic imine (C=N–C) groups is 1. The number of hydrogen-bond donors (Lipinski definition) is 2. The molecule has 1 aromatic rings. The quantitative estimate of drug-likeness (QED) is 0.349. The zero-order valence-electron chi connectivity index (χ0n) is 16.9. The van der Waals surface area contributed by atoms with E-state index in [0.717, 1.165) is 50.9 Å². The maximum atomic E-state index is 13.5. The fraction of sp³-hybridized carbons (Fsp3) is 0.650. The summed E-state index contributed by atoms with van der Waals surface area (Å²) in [6.07, 6.45) is 0. The molecule has 1 saturated heterocycles. The van der Waals surface area contributed by atoms with Crippen molar-refractivity contribution in [2.24, 2.45) is 10.9 Å². The minimum absolute atomic E-state index is 0. The average molecular weight is 492 g/mol. The summed E-state index contributed by atoms with van der Waals surface area (Å²) < 4.78 is 18.9. The number of guanidine groups is 1. The number of halogens is 2. The third-order valence-electron chi connectivity index (χ3n) is 4.82. The number of morpholine rings is 1. The van der Waals surface area contributed by atoms with E-state index in [9.17, 15) is 4.39 Å². The second-order valence-electron chi connectivity index (χ2n) is 7.72. The predicted molar refractivity (Wildman–Crippen MR) is 121 cm³/mol. The number of nitrogens with one attached hydrogen (secondary N) is 2. The highest BCUT2D eigenvalue weighted by Crippen LogP contribution is 2.22. The van der Waals surface area contributed by atoms with Crippen molar-refractivity contribution < 1.29 is 9.13 Å². The Labute approximate surface area is 180 Å². The van der Waals surface area contributed by atoms with E-state index in [1.54, 1.807) is 19.2 Å². The number of ether oxygens (including phenoxy) is 1. The van der Waals surface area contributed by atoms with Crippen molar-refractivity contribution in [1.29, 1.82) is 0 Å². The van der Waals surface area contributed by atoms with Gasteiger partial charge in [-0.2, -0.15) is 0 Å². The van der Waals surface area contributed by atoms with Crippen molar-refractivity contribution in [2.45, 2.75) is 26.2 Å². The van der Waals surface area contributed by atoms with Crippen LogP contribution in [-0.4, -0.2) is 63.8 Å². The normalized spacial score (nSPS) is 17.1. The van der Waals surface area contributed by atoms with Gasteiger partial charge in [-0.1, -0.05) is 32.9 Å². The molecule has 0 aromatic heterocycles. The predicted octanol–water partition coefficient (Wildman–Crippen LogP) is 2.85. The van der Waals surface area contributed by atoms with Crippen LogP contribution >= 0.6 is 24.0 Å². The molecular formula is C20H34FIN4O. The van der Waals surface area contributed by atoms with E-state index < -0.39 is 0 Å². The molecule has 0 aliphatic carbocycles. The Kier molecular flexibility index (Phi) is 10.5. The first-order valence-corrected chi connectivity index (χ1v) is 9.41. The van der Waals surface area contributed by atoms with Gasteiger partial charge in [0, 0.05) is 45.2 Å². The Morgan fingerprint density at radius 3 is 2.63 bits per heavy atom. The zero-order chi connectivity index (χ0) is 19.0. The highest BCUT2D eigenvalue weighted by molar-refractivity contribution is 14.0. The van der Waals surface area contributed by atoms with Crippen molar-refractivity contribution in [2.75, 3.05) is 53.0 Å². The van der Waals surface area contributed by atoms with Crippen molar-refractivity contribution in [3.63, 3.8) is 0 Å². The Hall–Kier alpha value is -0.930. The van der Waals surface area contributed by atoms with Crippen molar-refractivity contribution >= 4 is 29.9 Å². The molecule has 5 nitrogen and oxygen atoms in total. The molecule has 1 heterocycles. The van der Waals surface area contributed by atoms with Crippen LogP contribution < -0.4 is 10.6 Å². The van der Waals surface area contributed by atoms with Gasteiger partial charge in [-0.05, 0) is 23.6 Å². The number of benzene rings is 1. The molecule has 1 fully saturated rings. The van der Waals surface area contributed by atoms with Gasteiger partial charge in [0.25, 0.3) is 0 Å². The summed E-state index contributed by atoms with van der Waals surface area (Å²) in [5.41, 5.74) is 0.778. The lowest BCUT2D eigenvalue weighted by Gasteiger charge is -2.30. The molecule has 1 aliphatic heterocycles. The summed E-state index contributed by atoms with van der Waals surface area (Å²) in [5.74, 6) is 1.10. The third-order valence-corrected chi connectivity index (χ3v) is 4.82. The Morgan fingerprint density at radius 1 is 1.30 bits per heavy atom. The maximum Gasteiger partial charge on any atom is 0.191 e. The largest absolute Gasteiger partial charge is 0.379 e. The molecule has 0 spiro atoms. The second kappa shape index (κ2) is 11.8. The summed E-state index contributed by atoms with van der Waals surface area (Å²) in [4.78, 5) is 6.75. The summed E-state index contributed by atoms with van der Waals surface area (Å²) in [6.45, 7) is 12.7. The Bertz CT molecular complexity index is 591. The third kappa shape index (κ3) is 8.31. The monoisotopic (exact) mass is 492 g/mol. The molecule has 1 aliphatic rings. The number of nitrogens with zero attached hydrogens (tertiary/aromatic N) is 2. The minimum Gasteiger partial charge on any atom is -0.379 e. The van der Waals surface area contributed by atoms with Crippen molar-refractivity contribution in [3.8, 4) is 0 Å². The molecule has 1 aromatic carbocycles. The molecule has 1 unspecified atom stereocenters. The summed E-state index contributed by atoms with van der Waals surface area (Å²) >= 11 is 0. The molecular weight excluding hydrogens is 458 g/mol. The van der Waals surface area contributed by atoms with E-state index in [-0.39, 0.29) is 35.2 Å². The van der Waals surface area contributed by atoms with Gasteiger partial charge in [-0.25, -0.2) is 4.39 Å². The van der Waals surface area contributed by atoms with Gasteiger partial charge in [0.15, 0.2) is 5.96 Å². The second-order valence-corrected chi connectivity index (χ2v) is 7.72. The summed E-state index contributed by atoms with van der Waals surface area (Å²) in [6, 6.07) is 6.80. The van der Waals surface area contributed by atoms with Crippen LogP contribution in [0.15, 0.2) is 29.3 Å². The van der Waals surface area contributed by atoms with Crippen molar-refractivity contribution in [1.82, 2.24) is 15.5 Å². The topological polar surface area (TPSA) is 48.9 Å². The fourth-order valence-electron chi connectivity index (χ4n) is 3.10. The lowest BCUT2D eigenvalue weighted by atomic mass is 9.84. The molecule has 0 saturated carbocycles. The van der Waals surface area contributed by atoms with Gasteiger partial charge >= 0.3 is 0 Å². The molecule has 0 amide bonds. The smallest absolute Gasteiger partial charge is 0.191 e. The van der Waals surface area contributed by atoms with Gasteiger partial charge in [-0.15, -0.1) is 24.0 Å². The van der Waals surface area contributed by atoms with Gasteiger partial charge < -0.3 is 15.4 Å². The lowest BCUT2D eigenvalue weighted by Crippen LogP contribution is -2.46. The van der Waals surface area contributed by atoms with Crippen LogP contribution in [0.5, 0.6) is 0 Å². The Balaban J connectivity index is 0.00000364. The van der Waals surface area contributed by atoms with Crippen LogP contribution in [0.1, 0.15) is 26.3 Å². The molecule has 1 atom stereocenters. The average Bonchev–Trinajstić information content (AvgIpc) is 2.62. The SMILES string of the molecule is CN=C(NCC(C)CN1CCOCC1)NCC(C)(C)c1cccc(F)c1.I. The fourth-order valence-corrected chi connectivity index (χ4v) is 3.10. The molecule has 154 valence electrons. The van der Waals surface area contributed by atoms with Crippen LogP contribution in [0.3, 0.4) is 0 Å². The molecule has 2 rings (SSSR count). The van der Waals surface area contributed by atoms with E-state index >= 15 is 0 Å². The van der Waals surface area contributed by atoms with Gasteiger partial charge in [0.2, 0.25) is 0 Å². The molecule has 0 bridgehead atoms. The van der Waals surface area contributed by atoms with Crippen LogP contribution in [0, 0.1) is 11.7 Å². The van der Waals surface area contributed by atoms with Crippen LogP contribution in [0.25, 0.3) is 0 Å². The van der Waals surface area contributed by atoms with E-state index in [2.05, 4.69) is 41.3 Å². The summed E-state index contributed by atoms with van der Waals surface area (Å²) in [5, 5.41) is 6.77. The first-order valence-electron chi connectivity index (χ1n) is 9.41. The maximum absolute atomic E-state index is 13.5. The molecule has 7 heteroatoms. The Morgan fingerprint density at radius 2 is 2.00 bits per heavy atom. The van der Waals surface area contributed by atoms with E-state index in [1.807, 2.05) is 6.07 Å².